The molecule has 0 atom stereocenters. The molecule has 177 valence electrons. The van der Waals surface area contributed by atoms with E-state index in [1.54, 1.807) is 12.1 Å². The molecule has 0 bridgehead atoms. The third-order valence-corrected chi connectivity index (χ3v) is 6.22. The molecule has 2 aromatic rings. The summed E-state index contributed by atoms with van der Waals surface area (Å²) in [7, 11) is 0. The van der Waals surface area contributed by atoms with Crippen molar-refractivity contribution in [3.63, 3.8) is 0 Å². The van der Waals surface area contributed by atoms with Gasteiger partial charge in [0.15, 0.2) is 0 Å². The minimum absolute atomic E-state index is 0.282. The summed E-state index contributed by atoms with van der Waals surface area (Å²) in [6.45, 7) is 3.06. The zero-order chi connectivity index (χ0) is 22.7. The summed E-state index contributed by atoms with van der Waals surface area (Å²) in [4.78, 5) is 0. The van der Waals surface area contributed by atoms with Crippen molar-refractivity contribution in [3.8, 4) is 22.6 Å². The van der Waals surface area contributed by atoms with Crippen LogP contribution >= 0.6 is 0 Å². The normalized spacial score (nSPS) is 11.0. The molecule has 0 heterocycles. The van der Waals surface area contributed by atoms with Crippen LogP contribution in [-0.4, -0.2) is 11.7 Å². The molecule has 1 N–H and O–H groups in total. The topological polar surface area (TPSA) is 29.5 Å². The van der Waals surface area contributed by atoms with E-state index in [-0.39, 0.29) is 5.75 Å². The summed E-state index contributed by atoms with van der Waals surface area (Å²) in [6.07, 6.45) is 22.2. The summed E-state index contributed by atoms with van der Waals surface area (Å²) in [5.74, 6) is 1.18. The molecule has 0 fully saturated rings. The van der Waals surface area contributed by atoms with Crippen LogP contribution in [0.5, 0.6) is 11.5 Å². The number of phenols is 1. The highest BCUT2D eigenvalue weighted by Crippen LogP contribution is 2.25. The Bertz CT molecular complexity index is 692. The largest absolute Gasteiger partial charge is 0.508 e. The predicted molar refractivity (Wildman–Crippen MR) is 137 cm³/mol. The number of hydrogen-bond acceptors (Lipinski definition) is 2. The zero-order valence-electron chi connectivity index (χ0n) is 20.4. The fourth-order valence-electron chi connectivity index (χ4n) is 4.18. The van der Waals surface area contributed by atoms with Crippen LogP contribution in [0.1, 0.15) is 110 Å². The maximum absolute atomic E-state index is 9.44. The Hall–Kier alpha value is -1.96. The Morgan fingerprint density at radius 2 is 1.16 bits per heavy atom. The van der Waals surface area contributed by atoms with Crippen LogP contribution < -0.4 is 4.74 Å². The SMILES string of the molecule is CCCCCCCCCCCCCCCCCCOc1cc[c]c(-c2ccc(O)cc2)c1. The first kappa shape index (κ1) is 26.3. The highest BCUT2D eigenvalue weighted by molar-refractivity contribution is 5.65. The van der Waals surface area contributed by atoms with E-state index in [4.69, 9.17) is 4.74 Å². The van der Waals surface area contributed by atoms with Gasteiger partial charge in [-0.05, 0) is 47.9 Å². The fourth-order valence-corrected chi connectivity index (χ4v) is 4.18. The van der Waals surface area contributed by atoms with Crippen molar-refractivity contribution >= 4 is 0 Å². The summed E-state index contributed by atoms with van der Waals surface area (Å²) in [5, 5.41) is 9.44. The van der Waals surface area contributed by atoms with Gasteiger partial charge in [0, 0.05) is 0 Å². The van der Waals surface area contributed by atoms with Gasteiger partial charge in [0.1, 0.15) is 11.5 Å². The molecule has 2 rings (SSSR count). The van der Waals surface area contributed by atoms with Crippen LogP contribution in [-0.2, 0) is 0 Å². The van der Waals surface area contributed by atoms with Crippen LogP contribution in [0.4, 0.5) is 0 Å². The van der Waals surface area contributed by atoms with Gasteiger partial charge < -0.3 is 9.84 Å². The fraction of sp³-hybridized carbons (Fsp3) is 0.600. The van der Waals surface area contributed by atoms with E-state index in [0.717, 1.165) is 29.9 Å². The van der Waals surface area contributed by atoms with Crippen LogP contribution in [0.3, 0.4) is 0 Å². The summed E-state index contributed by atoms with van der Waals surface area (Å²) < 4.78 is 5.94. The van der Waals surface area contributed by atoms with E-state index >= 15 is 0 Å². The van der Waals surface area contributed by atoms with Crippen LogP contribution in [0.15, 0.2) is 42.5 Å². The second-order valence-electron chi connectivity index (χ2n) is 9.14. The quantitative estimate of drug-likeness (QED) is 0.222. The highest BCUT2D eigenvalue weighted by atomic mass is 16.5. The number of phenolic OH excluding ortho intramolecular Hbond substituents is 1. The highest BCUT2D eigenvalue weighted by Gasteiger charge is 2.01. The van der Waals surface area contributed by atoms with Crippen molar-refractivity contribution in [2.75, 3.05) is 6.61 Å². The first-order chi connectivity index (χ1) is 15.8. The van der Waals surface area contributed by atoms with Gasteiger partial charge in [-0.25, -0.2) is 0 Å². The average Bonchev–Trinajstić information content (AvgIpc) is 2.82. The number of aromatic hydroxyl groups is 1. The predicted octanol–water partition coefficient (Wildman–Crippen LogP) is 9.50. The van der Waals surface area contributed by atoms with Gasteiger partial charge >= 0.3 is 0 Å². The Morgan fingerprint density at radius 3 is 1.69 bits per heavy atom. The number of hydrogen-bond donors (Lipinski definition) is 1. The number of ether oxygens (including phenoxy) is 1. The molecule has 2 aromatic carbocycles. The lowest BCUT2D eigenvalue weighted by atomic mass is 10.0. The van der Waals surface area contributed by atoms with E-state index in [9.17, 15) is 5.11 Å². The van der Waals surface area contributed by atoms with Crippen molar-refractivity contribution < 1.29 is 9.84 Å². The maximum atomic E-state index is 9.44. The molecule has 0 saturated heterocycles. The lowest BCUT2D eigenvalue weighted by Crippen LogP contribution is -1.97. The molecule has 2 nitrogen and oxygen atoms in total. The van der Waals surface area contributed by atoms with Crippen LogP contribution in [0.2, 0.25) is 0 Å². The first-order valence-electron chi connectivity index (χ1n) is 13.2. The number of benzene rings is 2. The molecular formula is C30H45O2. The monoisotopic (exact) mass is 437 g/mol. The smallest absolute Gasteiger partial charge is 0.119 e. The molecule has 0 amide bonds. The Labute approximate surface area is 197 Å². The van der Waals surface area contributed by atoms with Gasteiger partial charge in [0.25, 0.3) is 0 Å². The molecule has 0 unspecified atom stereocenters. The Morgan fingerprint density at radius 1 is 0.656 bits per heavy atom. The van der Waals surface area contributed by atoms with Gasteiger partial charge in [-0.3, -0.25) is 0 Å². The van der Waals surface area contributed by atoms with Crippen molar-refractivity contribution in [3.05, 3.63) is 48.5 Å². The summed E-state index contributed by atoms with van der Waals surface area (Å²) in [6, 6.07) is 16.4. The van der Waals surface area contributed by atoms with Gasteiger partial charge in [0.2, 0.25) is 0 Å². The second-order valence-corrected chi connectivity index (χ2v) is 9.14. The molecular weight excluding hydrogens is 392 g/mol. The molecule has 2 heteroatoms. The number of unbranched alkanes of at least 4 members (excludes halogenated alkanes) is 15. The zero-order valence-corrected chi connectivity index (χ0v) is 20.4. The van der Waals surface area contributed by atoms with Crippen molar-refractivity contribution in [2.24, 2.45) is 0 Å². The third kappa shape index (κ3) is 12.2. The molecule has 0 aliphatic rings. The molecule has 0 spiro atoms. The van der Waals surface area contributed by atoms with Crippen molar-refractivity contribution in [1.82, 2.24) is 0 Å². The van der Waals surface area contributed by atoms with Gasteiger partial charge in [-0.1, -0.05) is 121 Å². The van der Waals surface area contributed by atoms with Gasteiger partial charge in [-0.2, -0.15) is 0 Å². The van der Waals surface area contributed by atoms with E-state index in [2.05, 4.69) is 13.0 Å². The first-order valence-corrected chi connectivity index (χ1v) is 13.2. The molecule has 1 radical (unpaired) electrons. The van der Waals surface area contributed by atoms with E-state index in [0.29, 0.717) is 0 Å². The molecule has 32 heavy (non-hydrogen) atoms. The molecule has 0 saturated carbocycles. The standard InChI is InChI=1S/C30H45O2/c1-2-3-4-5-6-7-8-9-10-11-12-13-14-15-16-17-25-32-30-20-18-19-28(26-30)27-21-23-29(31)24-22-27/h18,20-24,26,31H,2-17,25H2,1H3. The summed E-state index contributed by atoms with van der Waals surface area (Å²) >= 11 is 0. The lowest BCUT2D eigenvalue weighted by Gasteiger charge is -2.08. The average molecular weight is 438 g/mol. The molecule has 0 aliphatic carbocycles. The number of rotatable bonds is 19. The van der Waals surface area contributed by atoms with Crippen molar-refractivity contribution in [2.45, 2.75) is 110 Å². The van der Waals surface area contributed by atoms with Crippen molar-refractivity contribution in [1.29, 1.82) is 0 Å². The Kier molecular flexibility index (Phi) is 14.4. The van der Waals surface area contributed by atoms with E-state index in [1.165, 1.54) is 96.3 Å². The van der Waals surface area contributed by atoms with Crippen LogP contribution in [0.25, 0.3) is 11.1 Å². The van der Waals surface area contributed by atoms with E-state index < -0.39 is 0 Å². The molecule has 0 aromatic heterocycles. The minimum atomic E-state index is 0.282. The minimum Gasteiger partial charge on any atom is -0.508 e. The van der Waals surface area contributed by atoms with Crippen LogP contribution in [0, 0.1) is 6.07 Å². The molecule has 0 aliphatic heterocycles. The summed E-state index contributed by atoms with van der Waals surface area (Å²) in [5.41, 5.74) is 2.03. The maximum Gasteiger partial charge on any atom is 0.119 e. The van der Waals surface area contributed by atoms with E-state index in [1.807, 2.05) is 30.3 Å². The third-order valence-electron chi connectivity index (χ3n) is 6.22. The lowest BCUT2D eigenvalue weighted by molar-refractivity contribution is 0.304. The Balaban J connectivity index is 1.40. The van der Waals surface area contributed by atoms with Gasteiger partial charge in [-0.15, -0.1) is 0 Å². The second kappa shape index (κ2) is 17.6. The van der Waals surface area contributed by atoms with Gasteiger partial charge in [0.05, 0.1) is 6.61 Å².